The fraction of sp³-hybridized carbons (Fsp3) is 0.250. The molecule has 0 aliphatic heterocycles. The number of benzene rings is 2. The Kier molecular flexibility index (Phi) is 8.31. The van der Waals surface area contributed by atoms with Crippen LogP contribution in [0.1, 0.15) is 23.6 Å². The summed E-state index contributed by atoms with van der Waals surface area (Å²) in [4.78, 5) is 21.0. The predicted molar refractivity (Wildman–Crippen MR) is 138 cm³/mol. The van der Waals surface area contributed by atoms with Gasteiger partial charge in [0.05, 0.1) is 6.54 Å². The molecule has 1 atom stereocenters. The summed E-state index contributed by atoms with van der Waals surface area (Å²) in [6.07, 6.45) is 3.26. The van der Waals surface area contributed by atoms with E-state index in [-0.39, 0.29) is 0 Å². The van der Waals surface area contributed by atoms with Crippen molar-refractivity contribution in [3.05, 3.63) is 95.8 Å². The molecular formula is C28H29N3O5. The van der Waals surface area contributed by atoms with Crippen molar-refractivity contribution in [2.75, 3.05) is 20.3 Å². The summed E-state index contributed by atoms with van der Waals surface area (Å²) in [5.74, 6) is -0.240. The minimum atomic E-state index is -0.959. The Balaban J connectivity index is 1.39. The molecule has 2 aromatic carbocycles. The van der Waals surface area contributed by atoms with Gasteiger partial charge in [0, 0.05) is 41.9 Å². The highest BCUT2D eigenvalue weighted by Crippen LogP contribution is 2.19. The summed E-state index contributed by atoms with van der Waals surface area (Å²) in [5, 5.41) is 14.5. The Bertz CT molecular complexity index is 1320. The van der Waals surface area contributed by atoms with Crippen molar-refractivity contribution in [2.24, 2.45) is 5.16 Å². The van der Waals surface area contributed by atoms with Crippen molar-refractivity contribution in [3.8, 4) is 5.75 Å². The first-order chi connectivity index (χ1) is 17.6. The van der Waals surface area contributed by atoms with Gasteiger partial charge in [-0.2, -0.15) is 0 Å². The summed E-state index contributed by atoms with van der Waals surface area (Å²) in [7, 11) is 1.53. The van der Waals surface area contributed by atoms with Crippen LogP contribution in [0.5, 0.6) is 5.75 Å². The Morgan fingerprint density at radius 2 is 1.86 bits per heavy atom. The summed E-state index contributed by atoms with van der Waals surface area (Å²) in [6.45, 7) is 3.23. The number of carbonyl (C=O) groups is 1. The molecule has 0 saturated carbocycles. The van der Waals surface area contributed by atoms with Gasteiger partial charge in [0.25, 0.3) is 0 Å². The largest absolute Gasteiger partial charge is 0.492 e. The van der Waals surface area contributed by atoms with Gasteiger partial charge in [-0.3, -0.25) is 0 Å². The van der Waals surface area contributed by atoms with E-state index in [0.717, 1.165) is 39.2 Å². The third kappa shape index (κ3) is 6.09. The Labute approximate surface area is 209 Å². The van der Waals surface area contributed by atoms with E-state index in [2.05, 4.69) is 16.2 Å². The maximum absolute atomic E-state index is 11.3. The molecule has 0 radical (unpaired) electrons. The van der Waals surface area contributed by atoms with Gasteiger partial charge in [0.15, 0.2) is 6.10 Å². The Morgan fingerprint density at radius 1 is 1.08 bits per heavy atom. The van der Waals surface area contributed by atoms with Crippen LogP contribution in [0, 0.1) is 0 Å². The average molecular weight is 488 g/mol. The highest BCUT2D eigenvalue weighted by molar-refractivity contribution is 6.13. The molecule has 0 aliphatic rings. The minimum Gasteiger partial charge on any atom is -0.492 e. The molecule has 2 aromatic heterocycles. The first-order valence-corrected chi connectivity index (χ1v) is 11.8. The molecule has 186 valence electrons. The Morgan fingerprint density at radius 3 is 2.56 bits per heavy atom. The molecule has 4 aromatic rings. The number of hydrogen-bond acceptors (Lipinski definition) is 6. The molecular weight excluding hydrogens is 458 g/mol. The zero-order valence-electron chi connectivity index (χ0n) is 20.3. The van der Waals surface area contributed by atoms with Gasteiger partial charge in [0.1, 0.15) is 30.8 Å². The summed E-state index contributed by atoms with van der Waals surface area (Å²) in [5.41, 5.74) is 4.29. The Hall–Kier alpha value is -4.17. The van der Waals surface area contributed by atoms with Gasteiger partial charge in [-0.05, 0) is 36.8 Å². The molecule has 8 nitrogen and oxygen atoms in total. The highest BCUT2D eigenvalue weighted by atomic mass is 16.6. The summed E-state index contributed by atoms with van der Waals surface area (Å²) >= 11 is 0. The van der Waals surface area contributed by atoms with Gasteiger partial charge in [-0.25, -0.2) is 9.78 Å². The standard InChI is InChI=1S/C28H29N3O5/c1-3-35-25(28(32)33)17-20-9-11-24(12-10-20)36-16-15-31-14-13-22-18-23(19-29-27(22)31)26(30-34-2)21-7-5-4-6-8-21/h4-14,18-19,25H,3,15-17H2,1-2H3,(H,32,33). The molecule has 0 amide bonds. The monoisotopic (exact) mass is 487 g/mol. The van der Waals surface area contributed by atoms with Crippen LogP contribution in [0.4, 0.5) is 0 Å². The first kappa shape index (κ1) is 24.9. The summed E-state index contributed by atoms with van der Waals surface area (Å²) < 4.78 is 13.2. The second kappa shape index (κ2) is 12.0. The van der Waals surface area contributed by atoms with E-state index in [9.17, 15) is 9.90 Å². The van der Waals surface area contributed by atoms with Crippen LogP contribution >= 0.6 is 0 Å². The van der Waals surface area contributed by atoms with Crippen molar-refractivity contribution in [2.45, 2.75) is 26.0 Å². The quantitative estimate of drug-likeness (QED) is 0.233. The lowest BCUT2D eigenvalue weighted by Crippen LogP contribution is -2.26. The third-order valence-electron chi connectivity index (χ3n) is 5.69. The summed E-state index contributed by atoms with van der Waals surface area (Å²) in [6, 6.07) is 21.4. The van der Waals surface area contributed by atoms with E-state index < -0.39 is 12.1 Å². The number of carboxylic acid groups (broad SMARTS) is 1. The van der Waals surface area contributed by atoms with Crippen LogP contribution in [-0.4, -0.2) is 52.8 Å². The normalized spacial score (nSPS) is 12.4. The molecule has 2 heterocycles. The minimum absolute atomic E-state index is 0.313. The highest BCUT2D eigenvalue weighted by Gasteiger charge is 2.18. The molecule has 4 rings (SSSR count). The van der Waals surface area contributed by atoms with Crippen LogP contribution in [0.2, 0.25) is 0 Å². The molecule has 0 aliphatic carbocycles. The fourth-order valence-corrected chi connectivity index (χ4v) is 3.96. The van der Waals surface area contributed by atoms with E-state index >= 15 is 0 Å². The average Bonchev–Trinajstić information content (AvgIpc) is 3.30. The second-order valence-corrected chi connectivity index (χ2v) is 8.11. The number of rotatable bonds is 12. The van der Waals surface area contributed by atoms with Crippen LogP contribution in [0.3, 0.4) is 0 Å². The number of carboxylic acids is 1. The van der Waals surface area contributed by atoms with Gasteiger partial charge in [0.2, 0.25) is 0 Å². The van der Waals surface area contributed by atoms with E-state index in [1.165, 1.54) is 7.11 Å². The van der Waals surface area contributed by atoms with Gasteiger partial charge in [-0.15, -0.1) is 0 Å². The lowest BCUT2D eigenvalue weighted by molar-refractivity contribution is -0.149. The van der Waals surface area contributed by atoms with E-state index in [1.807, 2.05) is 71.4 Å². The number of aliphatic carboxylic acids is 1. The number of oxime groups is 1. The molecule has 0 bridgehead atoms. The van der Waals surface area contributed by atoms with Crippen molar-refractivity contribution >= 4 is 22.7 Å². The maximum Gasteiger partial charge on any atom is 0.333 e. The third-order valence-corrected chi connectivity index (χ3v) is 5.69. The SMILES string of the molecule is CCOC(Cc1ccc(OCCn2ccc3cc(C(=NOC)c4ccccc4)cnc32)cc1)C(=O)O. The fourth-order valence-electron chi connectivity index (χ4n) is 3.96. The number of pyridine rings is 1. The molecule has 0 saturated heterocycles. The number of aromatic nitrogens is 2. The second-order valence-electron chi connectivity index (χ2n) is 8.11. The van der Waals surface area contributed by atoms with Crippen molar-refractivity contribution in [1.82, 2.24) is 9.55 Å². The molecule has 0 fully saturated rings. The number of fused-ring (bicyclic) bond motifs is 1. The zero-order valence-corrected chi connectivity index (χ0v) is 20.3. The van der Waals surface area contributed by atoms with Gasteiger partial charge >= 0.3 is 5.97 Å². The molecule has 0 spiro atoms. The smallest absolute Gasteiger partial charge is 0.333 e. The van der Waals surface area contributed by atoms with Crippen molar-refractivity contribution in [1.29, 1.82) is 0 Å². The van der Waals surface area contributed by atoms with Crippen LogP contribution < -0.4 is 4.74 Å². The zero-order chi connectivity index (χ0) is 25.3. The topological polar surface area (TPSA) is 95.2 Å². The maximum atomic E-state index is 11.3. The molecule has 1 unspecified atom stereocenters. The van der Waals surface area contributed by atoms with E-state index in [4.69, 9.17) is 14.3 Å². The number of nitrogens with zero attached hydrogens (tertiary/aromatic N) is 3. The molecule has 8 heteroatoms. The van der Waals surface area contributed by atoms with Crippen LogP contribution in [-0.2, 0) is 27.3 Å². The lowest BCUT2D eigenvalue weighted by Gasteiger charge is -2.13. The predicted octanol–water partition coefficient (Wildman–Crippen LogP) is 4.55. The lowest BCUT2D eigenvalue weighted by atomic mass is 10.0. The number of hydrogen-bond donors (Lipinski definition) is 1. The van der Waals surface area contributed by atoms with E-state index in [1.54, 1.807) is 13.1 Å². The molecule has 1 N–H and O–H groups in total. The van der Waals surface area contributed by atoms with Crippen molar-refractivity contribution in [3.63, 3.8) is 0 Å². The van der Waals surface area contributed by atoms with Gasteiger partial charge in [-0.1, -0.05) is 47.6 Å². The number of ether oxygens (including phenoxy) is 2. The van der Waals surface area contributed by atoms with E-state index in [0.29, 0.717) is 26.2 Å². The van der Waals surface area contributed by atoms with Gasteiger partial charge < -0.3 is 24.0 Å². The molecule has 36 heavy (non-hydrogen) atoms. The first-order valence-electron chi connectivity index (χ1n) is 11.8. The van der Waals surface area contributed by atoms with Crippen LogP contribution in [0.15, 0.2) is 84.3 Å². The van der Waals surface area contributed by atoms with Crippen molar-refractivity contribution < 1.29 is 24.2 Å². The van der Waals surface area contributed by atoms with Crippen LogP contribution in [0.25, 0.3) is 11.0 Å².